The molecule has 0 heterocycles. The first kappa shape index (κ1) is 32.6. The van der Waals surface area contributed by atoms with Crippen LogP contribution in [0.15, 0.2) is 113 Å². The second-order valence-electron chi connectivity index (χ2n) is 13.4. The molecule has 0 radical (unpaired) electrons. The van der Waals surface area contributed by atoms with Crippen molar-refractivity contribution in [2.24, 2.45) is 0 Å². The summed E-state index contributed by atoms with van der Waals surface area (Å²) < 4.78 is 5.03. The molecule has 0 atom stereocenters. The Bertz CT molecular complexity index is 1640. The molecule has 0 N–H and O–H groups in total. The van der Waals surface area contributed by atoms with E-state index in [4.69, 9.17) is 0 Å². The van der Waals surface area contributed by atoms with E-state index in [1.807, 2.05) is 0 Å². The van der Waals surface area contributed by atoms with E-state index in [0.29, 0.717) is 0 Å². The zero-order valence-corrected chi connectivity index (χ0v) is 30.7. The number of rotatable bonds is 4. The molecule has 0 aliphatic heterocycles. The Kier molecular flexibility index (Phi) is 9.88. The molecule has 0 aromatic heterocycles. The van der Waals surface area contributed by atoms with Crippen molar-refractivity contribution in [2.45, 2.75) is 65.2 Å². The van der Waals surface area contributed by atoms with Crippen molar-refractivity contribution in [3.8, 4) is 11.1 Å². The van der Waals surface area contributed by atoms with Gasteiger partial charge in [-0.25, -0.2) is 0 Å². The topological polar surface area (TPSA) is 0 Å². The van der Waals surface area contributed by atoms with Crippen molar-refractivity contribution in [3.05, 3.63) is 146 Å². The molecule has 0 amide bonds. The molecular weight excluding hydrogens is 718 g/mol. The van der Waals surface area contributed by atoms with E-state index >= 15 is 0 Å². The van der Waals surface area contributed by atoms with Crippen molar-refractivity contribution < 1.29 is 45.8 Å². The Morgan fingerprint density at radius 1 is 0.667 bits per heavy atom. The monoisotopic (exact) mass is 758 g/mol. The number of halogens is 2. The summed E-state index contributed by atoms with van der Waals surface area (Å²) in [6.07, 6.45) is 9.27. The molecule has 2 aliphatic rings. The molecule has 0 spiro atoms. The number of hydrogen-bond donors (Lipinski definition) is 0. The van der Waals surface area contributed by atoms with Crippen LogP contribution < -0.4 is 28.1 Å². The SMILES string of the molecule is CC(C)(C)c1ccc2c(c1)Cc1c-2ccc(C(C)(C)C)[c]1[Hf+2]([C]1=CC=CC1)=[C](c1ccccc1)c1ccccc1.[Cl-].[Cl-]. The number of benzene rings is 4. The summed E-state index contributed by atoms with van der Waals surface area (Å²) in [5.74, 6) is 0. The third-order valence-corrected chi connectivity index (χ3v) is 19.8. The zero-order chi connectivity index (χ0) is 28.1. The molecule has 0 fully saturated rings. The van der Waals surface area contributed by atoms with E-state index in [-0.39, 0.29) is 35.6 Å². The minimum atomic E-state index is -2.94. The zero-order valence-electron chi connectivity index (χ0n) is 25.6. The summed E-state index contributed by atoms with van der Waals surface area (Å²) in [6.45, 7) is 14.2. The summed E-state index contributed by atoms with van der Waals surface area (Å²) in [7, 11) is 0. The molecule has 0 nitrogen and oxygen atoms in total. The summed E-state index contributed by atoms with van der Waals surface area (Å²) in [6, 6.07) is 34.7. The molecule has 0 saturated carbocycles. The van der Waals surface area contributed by atoms with Gasteiger partial charge < -0.3 is 24.8 Å². The summed E-state index contributed by atoms with van der Waals surface area (Å²) >= 11 is -2.94. The third-order valence-electron chi connectivity index (χ3n) is 8.47. The van der Waals surface area contributed by atoms with E-state index in [9.17, 15) is 0 Å². The van der Waals surface area contributed by atoms with Gasteiger partial charge in [0.1, 0.15) is 0 Å². The molecule has 0 saturated heterocycles. The molecule has 2 aliphatic carbocycles. The predicted octanol–water partition coefficient (Wildman–Crippen LogP) is 3.22. The number of hydrogen-bond acceptors (Lipinski definition) is 0. The Hall–Kier alpha value is -2.32. The van der Waals surface area contributed by atoms with Gasteiger partial charge in [-0.1, -0.05) is 0 Å². The van der Waals surface area contributed by atoms with Gasteiger partial charge in [0.15, 0.2) is 0 Å². The normalized spacial score (nSPS) is 13.2. The quantitative estimate of drug-likeness (QED) is 0.248. The van der Waals surface area contributed by atoms with Gasteiger partial charge in [-0.3, -0.25) is 0 Å². The van der Waals surface area contributed by atoms with Crippen molar-refractivity contribution in [2.75, 3.05) is 0 Å². The molecule has 42 heavy (non-hydrogen) atoms. The average Bonchev–Trinajstić information content (AvgIpc) is 3.59. The summed E-state index contributed by atoms with van der Waals surface area (Å²) in [5.41, 5.74) is 12.0. The van der Waals surface area contributed by atoms with Crippen LogP contribution >= 0.6 is 0 Å². The van der Waals surface area contributed by atoms with Crippen LogP contribution in [0.1, 0.15) is 81.3 Å². The second-order valence-corrected chi connectivity index (χ2v) is 22.0. The van der Waals surface area contributed by atoms with E-state index in [1.165, 1.54) is 33.4 Å². The van der Waals surface area contributed by atoms with Crippen LogP contribution in [0.5, 0.6) is 0 Å². The van der Waals surface area contributed by atoms with Gasteiger partial charge in [0.05, 0.1) is 0 Å². The van der Waals surface area contributed by atoms with Crippen molar-refractivity contribution in [3.63, 3.8) is 0 Å². The standard InChI is InChI=1S/C21H25.C13H10.C5H5.2ClH.Hf/c1-20(2,3)16-7-9-18-14(12-16)11-15-13-17(21(4,5)6)8-10-19(15)18;1-3-7-12(8-4-1)11-13-9-5-2-6-10-13;1-2-4-5-3-1;;;/h7-10,12H,11H2,1-6H3;1-10H;1-3H,4H2;2*1H;/q;;;;;+2/p-2. The van der Waals surface area contributed by atoms with Crippen LogP contribution in [0.4, 0.5) is 0 Å². The van der Waals surface area contributed by atoms with Gasteiger partial charge >= 0.3 is 250 Å². The minimum Gasteiger partial charge on any atom is -1.00 e. The Morgan fingerprint density at radius 2 is 1.26 bits per heavy atom. The first-order chi connectivity index (χ1) is 19.1. The van der Waals surface area contributed by atoms with Crippen LogP contribution in [0.25, 0.3) is 11.1 Å². The molecule has 3 heteroatoms. The minimum absolute atomic E-state index is 0. The van der Waals surface area contributed by atoms with Gasteiger partial charge in [0.25, 0.3) is 0 Å². The number of allylic oxidation sites excluding steroid dienone is 4. The fourth-order valence-electron chi connectivity index (χ4n) is 6.40. The molecule has 4 aromatic rings. The first-order valence-corrected chi connectivity index (χ1v) is 20.0. The maximum absolute atomic E-state index is 2.94. The molecular formula is C39H40Cl2Hf. The summed E-state index contributed by atoms with van der Waals surface area (Å²) in [4.78, 5) is 0. The summed E-state index contributed by atoms with van der Waals surface area (Å²) in [5, 5.41) is 0. The smallest absolute Gasteiger partial charge is 1.00 e. The van der Waals surface area contributed by atoms with Gasteiger partial charge in [-0.05, 0) is 0 Å². The van der Waals surface area contributed by atoms with Crippen LogP contribution in [0.2, 0.25) is 0 Å². The van der Waals surface area contributed by atoms with Gasteiger partial charge in [-0.2, -0.15) is 0 Å². The van der Waals surface area contributed by atoms with E-state index < -0.39 is 21.0 Å². The molecule has 214 valence electrons. The fraction of sp³-hybridized carbons (Fsp3) is 0.256. The molecule has 0 bridgehead atoms. The largest absolute Gasteiger partial charge is 1.00 e. The van der Waals surface area contributed by atoms with Crippen LogP contribution in [-0.2, 0) is 38.2 Å². The maximum atomic E-state index is 2.50. The maximum Gasteiger partial charge on any atom is -1.00 e. The fourth-order valence-corrected chi connectivity index (χ4v) is 19.5. The van der Waals surface area contributed by atoms with E-state index in [1.54, 1.807) is 21.0 Å². The van der Waals surface area contributed by atoms with E-state index in [2.05, 4.69) is 151 Å². The Balaban J connectivity index is 0.00000202. The van der Waals surface area contributed by atoms with Crippen LogP contribution in [0, 0.1) is 0 Å². The van der Waals surface area contributed by atoms with Crippen molar-refractivity contribution in [1.82, 2.24) is 0 Å². The van der Waals surface area contributed by atoms with Crippen LogP contribution in [0.3, 0.4) is 0 Å². The number of fused-ring (bicyclic) bond motifs is 3. The van der Waals surface area contributed by atoms with Gasteiger partial charge in [0, 0.05) is 0 Å². The van der Waals surface area contributed by atoms with Crippen molar-refractivity contribution >= 4 is 6.58 Å². The Morgan fingerprint density at radius 3 is 1.79 bits per heavy atom. The first-order valence-electron chi connectivity index (χ1n) is 14.6. The van der Waals surface area contributed by atoms with Gasteiger partial charge in [0.2, 0.25) is 0 Å². The van der Waals surface area contributed by atoms with Crippen LogP contribution in [-0.4, -0.2) is 3.26 Å². The average molecular weight is 758 g/mol. The Labute approximate surface area is 272 Å². The van der Waals surface area contributed by atoms with Gasteiger partial charge in [-0.15, -0.1) is 0 Å². The molecule has 6 rings (SSSR count). The third kappa shape index (κ3) is 6.17. The second kappa shape index (κ2) is 12.7. The predicted molar refractivity (Wildman–Crippen MR) is 170 cm³/mol. The van der Waals surface area contributed by atoms with E-state index in [0.717, 1.165) is 12.8 Å². The molecule has 0 unspecified atom stereocenters. The molecule has 4 aromatic carbocycles. The van der Waals surface area contributed by atoms with Crippen molar-refractivity contribution in [1.29, 1.82) is 0 Å².